The molecule has 0 amide bonds. The molecule has 4 N–H and O–H groups in total. The predicted molar refractivity (Wildman–Crippen MR) is 87.0 cm³/mol. The van der Waals surface area contributed by atoms with Crippen molar-refractivity contribution in [2.45, 2.75) is 39.3 Å². The second-order valence-electron chi connectivity index (χ2n) is 4.95. The van der Waals surface area contributed by atoms with E-state index in [1.807, 2.05) is 30.7 Å². The first kappa shape index (κ1) is 15.4. The van der Waals surface area contributed by atoms with E-state index in [2.05, 4.69) is 10.3 Å². The number of unbranched alkanes of at least 4 members (excludes halogenated alkanes) is 1. The second-order valence-corrected chi connectivity index (χ2v) is 5.73. The number of H-pyrrole nitrogens is 1. The third-order valence-electron chi connectivity index (χ3n) is 3.38. The van der Waals surface area contributed by atoms with Crippen LogP contribution in [0, 0.1) is 0 Å². The Kier molecular flexibility index (Phi) is 4.85. The maximum absolute atomic E-state index is 12.0. The van der Waals surface area contributed by atoms with Gasteiger partial charge in [0, 0.05) is 12.6 Å². The molecule has 21 heavy (non-hydrogen) atoms. The Morgan fingerprint density at radius 1 is 1.48 bits per heavy atom. The van der Waals surface area contributed by atoms with Gasteiger partial charge in [0.15, 0.2) is 0 Å². The molecule has 0 saturated heterocycles. The van der Waals surface area contributed by atoms with E-state index in [-0.39, 0.29) is 17.5 Å². The summed E-state index contributed by atoms with van der Waals surface area (Å²) in [5.74, 6) is 0.194. The number of nitrogens with one attached hydrogen (secondary N) is 2. The quantitative estimate of drug-likeness (QED) is 0.762. The van der Waals surface area contributed by atoms with Crippen molar-refractivity contribution in [1.82, 2.24) is 9.55 Å². The zero-order chi connectivity index (χ0) is 15.4. The fourth-order valence-corrected chi connectivity index (χ4v) is 2.84. The largest absolute Gasteiger partial charge is 0.383 e. The number of nitrogens with two attached hydrogens (primary N) is 1. The maximum atomic E-state index is 12.0. The van der Waals surface area contributed by atoms with Crippen molar-refractivity contribution in [2.24, 2.45) is 0 Å². The maximum Gasteiger partial charge on any atom is 0.330 e. The van der Waals surface area contributed by atoms with Crippen molar-refractivity contribution < 1.29 is 0 Å². The average molecular weight is 308 g/mol. The Morgan fingerprint density at radius 2 is 2.24 bits per heavy atom. The highest BCUT2D eigenvalue weighted by Gasteiger charge is 2.15. The molecule has 0 aliphatic rings. The van der Waals surface area contributed by atoms with Crippen molar-refractivity contribution in [3.8, 4) is 0 Å². The van der Waals surface area contributed by atoms with Gasteiger partial charge >= 0.3 is 5.69 Å². The lowest BCUT2D eigenvalue weighted by molar-refractivity contribution is 0.605. The van der Waals surface area contributed by atoms with Gasteiger partial charge in [0.05, 0.1) is 0 Å². The molecule has 2 rings (SSSR count). The number of aromatic nitrogens is 2. The third-order valence-corrected chi connectivity index (χ3v) is 4.08. The monoisotopic (exact) mass is 308 g/mol. The lowest BCUT2D eigenvalue weighted by Gasteiger charge is -2.17. The average Bonchev–Trinajstić information content (AvgIpc) is 2.97. The van der Waals surface area contributed by atoms with Crippen LogP contribution in [0.3, 0.4) is 0 Å². The number of nitrogen functional groups attached to an aromatic ring is 1. The van der Waals surface area contributed by atoms with Gasteiger partial charge in [0.25, 0.3) is 5.56 Å². The highest BCUT2D eigenvalue weighted by atomic mass is 32.1. The first-order valence-corrected chi connectivity index (χ1v) is 7.90. The van der Waals surface area contributed by atoms with E-state index in [9.17, 15) is 9.59 Å². The number of anilines is 2. The van der Waals surface area contributed by atoms with Crippen LogP contribution in [0.25, 0.3) is 0 Å². The van der Waals surface area contributed by atoms with Gasteiger partial charge in [0.1, 0.15) is 11.5 Å². The smallest absolute Gasteiger partial charge is 0.330 e. The second kappa shape index (κ2) is 6.62. The zero-order valence-electron chi connectivity index (χ0n) is 12.2. The molecule has 6 nitrogen and oxygen atoms in total. The van der Waals surface area contributed by atoms with Crippen LogP contribution in [0.2, 0.25) is 0 Å². The molecule has 0 aromatic carbocycles. The van der Waals surface area contributed by atoms with Crippen LogP contribution < -0.4 is 22.3 Å². The first-order chi connectivity index (χ1) is 10.0. The van der Waals surface area contributed by atoms with Gasteiger partial charge in [-0.2, -0.15) is 11.3 Å². The minimum Gasteiger partial charge on any atom is -0.383 e. The minimum atomic E-state index is -0.479. The molecule has 0 fully saturated rings. The fraction of sp³-hybridized carbons (Fsp3) is 0.429. The van der Waals surface area contributed by atoms with E-state index in [0.717, 1.165) is 18.4 Å². The molecule has 0 bridgehead atoms. The van der Waals surface area contributed by atoms with E-state index in [0.29, 0.717) is 6.54 Å². The molecule has 0 radical (unpaired) electrons. The summed E-state index contributed by atoms with van der Waals surface area (Å²) in [6.07, 6.45) is 1.77. The molecular formula is C14H20N4O2S. The standard InChI is InChI=1S/C14H20N4O2S/c1-3-4-6-18-12(15)11(13(19)17-14(18)20)16-9(2)10-5-7-21-8-10/h5,7-9,16H,3-4,6,15H2,1-2H3,(H,17,19,20). The summed E-state index contributed by atoms with van der Waals surface area (Å²) in [4.78, 5) is 26.1. The summed E-state index contributed by atoms with van der Waals surface area (Å²) in [5.41, 5.74) is 6.40. The van der Waals surface area contributed by atoms with Gasteiger partial charge in [-0.25, -0.2) is 4.79 Å². The third kappa shape index (κ3) is 3.36. The molecule has 2 heterocycles. The van der Waals surface area contributed by atoms with Crippen LogP contribution >= 0.6 is 11.3 Å². The summed E-state index contributed by atoms with van der Waals surface area (Å²) >= 11 is 1.59. The van der Waals surface area contributed by atoms with E-state index in [1.54, 1.807) is 11.3 Å². The summed E-state index contributed by atoms with van der Waals surface area (Å²) in [6.45, 7) is 4.48. The van der Waals surface area contributed by atoms with Crippen LogP contribution in [-0.2, 0) is 6.54 Å². The molecule has 7 heteroatoms. The summed E-state index contributed by atoms with van der Waals surface area (Å²) in [5, 5.41) is 7.09. The highest BCUT2D eigenvalue weighted by Crippen LogP contribution is 2.22. The van der Waals surface area contributed by atoms with Gasteiger partial charge in [-0.05, 0) is 35.7 Å². The number of hydrogen-bond acceptors (Lipinski definition) is 5. The topological polar surface area (TPSA) is 92.9 Å². The molecule has 114 valence electrons. The van der Waals surface area contributed by atoms with Crippen LogP contribution in [-0.4, -0.2) is 9.55 Å². The molecule has 1 unspecified atom stereocenters. The molecule has 0 aliphatic heterocycles. The first-order valence-electron chi connectivity index (χ1n) is 6.95. The lowest BCUT2D eigenvalue weighted by Crippen LogP contribution is -2.34. The van der Waals surface area contributed by atoms with Gasteiger partial charge in [0.2, 0.25) is 0 Å². The fourth-order valence-electron chi connectivity index (χ4n) is 2.09. The van der Waals surface area contributed by atoms with Crippen LogP contribution in [0.4, 0.5) is 11.5 Å². The lowest BCUT2D eigenvalue weighted by atomic mass is 10.2. The summed E-state index contributed by atoms with van der Waals surface area (Å²) in [7, 11) is 0. The highest BCUT2D eigenvalue weighted by molar-refractivity contribution is 7.07. The normalized spacial score (nSPS) is 12.3. The molecule has 1 atom stereocenters. The van der Waals surface area contributed by atoms with E-state index >= 15 is 0 Å². The Labute approximate surface area is 126 Å². The van der Waals surface area contributed by atoms with E-state index in [1.165, 1.54) is 4.57 Å². The van der Waals surface area contributed by atoms with E-state index in [4.69, 9.17) is 5.73 Å². The number of rotatable bonds is 6. The number of nitrogens with zero attached hydrogens (tertiary/aromatic N) is 1. The van der Waals surface area contributed by atoms with Gasteiger partial charge in [-0.3, -0.25) is 14.3 Å². The van der Waals surface area contributed by atoms with Gasteiger partial charge in [-0.15, -0.1) is 0 Å². The van der Waals surface area contributed by atoms with Crippen LogP contribution in [0.5, 0.6) is 0 Å². The molecule has 0 aliphatic carbocycles. The summed E-state index contributed by atoms with van der Waals surface area (Å²) in [6, 6.07) is 1.93. The molecule has 0 spiro atoms. The Morgan fingerprint density at radius 3 is 2.86 bits per heavy atom. The Bertz CT molecular complexity index is 703. The van der Waals surface area contributed by atoms with Gasteiger partial charge < -0.3 is 11.1 Å². The predicted octanol–water partition coefficient (Wildman–Crippen LogP) is 2.15. The molecular weight excluding hydrogens is 288 g/mol. The minimum absolute atomic E-state index is 0.0585. The Hall–Kier alpha value is -2.02. The van der Waals surface area contributed by atoms with Crippen molar-refractivity contribution >= 4 is 22.8 Å². The SMILES string of the molecule is CCCCn1c(N)c(NC(C)c2ccsc2)c(=O)[nH]c1=O. The number of thiophene rings is 1. The molecule has 0 saturated carbocycles. The molecule has 2 aromatic rings. The van der Waals surface area contributed by atoms with Crippen LogP contribution in [0.1, 0.15) is 38.3 Å². The zero-order valence-corrected chi connectivity index (χ0v) is 13.0. The summed E-state index contributed by atoms with van der Waals surface area (Å²) < 4.78 is 1.41. The van der Waals surface area contributed by atoms with E-state index < -0.39 is 11.2 Å². The van der Waals surface area contributed by atoms with Crippen molar-refractivity contribution in [1.29, 1.82) is 0 Å². The Balaban J connectivity index is 2.34. The number of aromatic amines is 1. The van der Waals surface area contributed by atoms with Crippen LogP contribution in [0.15, 0.2) is 26.4 Å². The molecule has 2 aromatic heterocycles. The van der Waals surface area contributed by atoms with Crippen molar-refractivity contribution in [2.75, 3.05) is 11.1 Å². The number of hydrogen-bond donors (Lipinski definition) is 3. The van der Waals surface area contributed by atoms with Gasteiger partial charge in [-0.1, -0.05) is 13.3 Å². The van der Waals surface area contributed by atoms with Crippen molar-refractivity contribution in [3.63, 3.8) is 0 Å². The van der Waals surface area contributed by atoms with Crippen molar-refractivity contribution in [3.05, 3.63) is 43.2 Å².